The number of hydrogen-bond donors (Lipinski definition) is 3. The summed E-state index contributed by atoms with van der Waals surface area (Å²) in [6.45, 7) is 4.55. The lowest BCUT2D eigenvalue weighted by atomic mass is 9.94. The number of carbonyl (C=O) groups is 1. The summed E-state index contributed by atoms with van der Waals surface area (Å²) in [4.78, 5) is 12.6. The maximum atomic E-state index is 11.3. The Kier molecular flexibility index (Phi) is 2.45. The van der Waals surface area contributed by atoms with Gasteiger partial charge >= 0.3 is 6.03 Å². The summed E-state index contributed by atoms with van der Waals surface area (Å²) in [5, 5.41) is 10.1. The Morgan fingerprint density at radius 2 is 2.23 bits per heavy atom. The summed E-state index contributed by atoms with van der Waals surface area (Å²) in [5.41, 5.74) is 5.08. The van der Waals surface area contributed by atoms with Crippen LogP contribution in [0.1, 0.15) is 26.7 Å². The van der Waals surface area contributed by atoms with E-state index in [2.05, 4.69) is 5.32 Å². The molecule has 1 heterocycles. The first kappa shape index (κ1) is 9.83. The molecule has 1 aliphatic rings. The molecule has 0 radical (unpaired) electrons. The predicted octanol–water partition coefficient (Wildman–Crippen LogP) is 0.464. The average Bonchev–Trinajstić information content (AvgIpc) is 2.44. The number of carbonyl (C=O) groups excluding carboxylic acids is 1. The maximum absolute atomic E-state index is 11.3. The minimum Gasteiger partial charge on any atom is -0.370 e. The van der Waals surface area contributed by atoms with Crippen LogP contribution in [-0.4, -0.2) is 29.0 Å². The van der Waals surface area contributed by atoms with Crippen LogP contribution >= 0.6 is 0 Å². The summed E-state index contributed by atoms with van der Waals surface area (Å²) in [6.07, 6.45) is 1.72. The molecule has 0 atom stereocenters. The maximum Gasteiger partial charge on any atom is 0.324 e. The van der Waals surface area contributed by atoms with E-state index in [1.807, 2.05) is 13.8 Å². The summed E-state index contributed by atoms with van der Waals surface area (Å²) in [7, 11) is 0. The van der Waals surface area contributed by atoms with E-state index < -0.39 is 0 Å². The van der Waals surface area contributed by atoms with Crippen molar-refractivity contribution in [3.63, 3.8) is 0 Å². The van der Waals surface area contributed by atoms with E-state index in [1.165, 1.54) is 4.90 Å². The van der Waals surface area contributed by atoms with Crippen molar-refractivity contribution < 1.29 is 4.79 Å². The number of hydrogen-bond acceptors (Lipinski definition) is 2. The largest absolute Gasteiger partial charge is 0.370 e. The lowest BCUT2D eigenvalue weighted by Gasteiger charge is -2.24. The Morgan fingerprint density at radius 1 is 1.69 bits per heavy atom. The van der Waals surface area contributed by atoms with Crippen molar-refractivity contribution in [2.24, 2.45) is 5.73 Å². The van der Waals surface area contributed by atoms with Gasteiger partial charge in [-0.2, -0.15) is 0 Å². The third-order valence-corrected chi connectivity index (χ3v) is 2.72. The van der Waals surface area contributed by atoms with Crippen molar-refractivity contribution in [2.45, 2.75) is 32.2 Å². The molecule has 1 rings (SSSR count). The standard InChI is InChI=1S/C8H16N4O/c1-3-8(4-2)5-12(6(9)10)7(13)11-8/h3-5H2,1-2H3,(H3,9,10)(H,11,13). The Hall–Kier alpha value is -1.26. The first-order chi connectivity index (χ1) is 6.04. The van der Waals surface area contributed by atoms with Crippen LogP contribution in [0.2, 0.25) is 0 Å². The second-order valence-electron chi connectivity index (χ2n) is 3.39. The molecule has 1 saturated heterocycles. The van der Waals surface area contributed by atoms with Gasteiger partial charge in [0.2, 0.25) is 0 Å². The van der Waals surface area contributed by atoms with Crippen molar-refractivity contribution in [1.29, 1.82) is 5.41 Å². The van der Waals surface area contributed by atoms with Gasteiger partial charge in [-0.1, -0.05) is 13.8 Å². The molecule has 0 aromatic heterocycles. The molecule has 5 nitrogen and oxygen atoms in total. The number of nitrogens with two attached hydrogens (primary N) is 1. The van der Waals surface area contributed by atoms with Crippen molar-refractivity contribution in [2.75, 3.05) is 6.54 Å². The zero-order valence-corrected chi connectivity index (χ0v) is 8.05. The van der Waals surface area contributed by atoms with E-state index in [1.54, 1.807) is 0 Å². The zero-order valence-electron chi connectivity index (χ0n) is 8.05. The molecule has 0 aromatic rings. The fraction of sp³-hybridized carbons (Fsp3) is 0.750. The lowest BCUT2D eigenvalue weighted by Crippen LogP contribution is -2.42. The van der Waals surface area contributed by atoms with Crippen LogP contribution in [0.15, 0.2) is 0 Å². The lowest BCUT2D eigenvalue weighted by molar-refractivity contribution is 0.233. The number of nitrogens with one attached hydrogen (secondary N) is 2. The Morgan fingerprint density at radius 3 is 2.46 bits per heavy atom. The molecule has 74 valence electrons. The smallest absolute Gasteiger partial charge is 0.324 e. The van der Waals surface area contributed by atoms with E-state index in [4.69, 9.17) is 11.1 Å². The van der Waals surface area contributed by atoms with Crippen molar-refractivity contribution in [3.8, 4) is 0 Å². The summed E-state index contributed by atoms with van der Waals surface area (Å²) >= 11 is 0. The fourth-order valence-corrected chi connectivity index (χ4v) is 1.55. The van der Waals surface area contributed by atoms with Crippen molar-refractivity contribution in [1.82, 2.24) is 10.2 Å². The molecule has 4 N–H and O–H groups in total. The summed E-state index contributed by atoms with van der Waals surface area (Å²) in [6, 6.07) is -0.254. The van der Waals surface area contributed by atoms with Crippen LogP contribution in [0, 0.1) is 5.41 Å². The van der Waals surface area contributed by atoms with Crippen LogP contribution in [-0.2, 0) is 0 Å². The molecule has 0 bridgehead atoms. The number of rotatable bonds is 2. The van der Waals surface area contributed by atoms with Crippen LogP contribution in [0.25, 0.3) is 0 Å². The van der Waals surface area contributed by atoms with Gasteiger partial charge in [0, 0.05) is 0 Å². The van der Waals surface area contributed by atoms with Crippen LogP contribution in [0.3, 0.4) is 0 Å². The third-order valence-electron chi connectivity index (χ3n) is 2.72. The molecule has 0 aliphatic carbocycles. The highest BCUT2D eigenvalue weighted by Gasteiger charge is 2.40. The van der Waals surface area contributed by atoms with Gasteiger partial charge in [-0.05, 0) is 12.8 Å². The van der Waals surface area contributed by atoms with E-state index in [9.17, 15) is 4.79 Å². The first-order valence-corrected chi connectivity index (χ1v) is 4.48. The van der Waals surface area contributed by atoms with Gasteiger partial charge in [0.1, 0.15) is 0 Å². The highest BCUT2D eigenvalue weighted by Crippen LogP contribution is 2.22. The summed E-state index contributed by atoms with van der Waals surface area (Å²) in [5.74, 6) is -0.179. The topological polar surface area (TPSA) is 82.2 Å². The highest BCUT2D eigenvalue weighted by atomic mass is 16.2. The predicted molar refractivity (Wildman–Crippen MR) is 50.5 cm³/mol. The number of urea groups is 1. The van der Waals surface area contributed by atoms with Gasteiger partial charge < -0.3 is 11.1 Å². The Bertz CT molecular complexity index is 234. The molecular weight excluding hydrogens is 168 g/mol. The van der Waals surface area contributed by atoms with E-state index in [0.29, 0.717) is 6.54 Å². The molecule has 5 heteroatoms. The van der Waals surface area contributed by atoms with E-state index >= 15 is 0 Å². The van der Waals surface area contributed by atoms with Crippen LogP contribution in [0.4, 0.5) is 4.79 Å². The monoisotopic (exact) mass is 184 g/mol. The molecule has 1 aliphatic heterocycles. The normalized spacial score (nSPS) is 20.2. The van der Waals surface area contributed by atoms with Crippen molar-refractivity contribution >= 4 is 12.0 Å². The fourth-order valence-electron chi connectivity index (χ4n) is 1.55. The Balaban J connectivity index is 2.79. The van der Waals surface area contributed by atoms with Gasteiger partial charge in [-0.3, -0.25) is 10.3 Å². The summed E-state index contributed by atoms with van der Waals surface area (Å²) < 4.78 is 0. The minimum atomic E-state index is -0.254. The quantitative estimate of drug-likeness (QED) is 0.430. The molecule has 0 unspecified atom stereocenters. The van der Waals surface area contributed by atoms with Gasteiger partial charge in [-0.25, -0.2) is 4.79 Å². The van der Waals surface area contributed by atoms with Crippen LogP contribution < -0.4 is 11.1 Å². The van der Waals surface area contributed by atoms with Gasteiger partial charge in [0.15, 0.2) is 5.96 Å². The second kappa shape index (κ2) is 3.24. The van der Waals surface area contributed by atoms with Gasteiger partial charge in [0.25, 0.3) is 0 Å². The molecule has 0 saturated carbocycles. The second-order valence-corrected chi connectivity index (χ2v) is 3.39. The molecule has 0 spiro atoms. The van der Waals surface area contributed by atoms with E-state index in [0.717, 1.165) is 12.8 Å². The number of nitrogens with zero attached hydrogens (tertiary/aromatic N) is 1. The van der Waals surface area contributed by atoms with Crippen LogP contribution in [0.5, 0.6) is 0 Å². The Labute approximate surface area is 77.8 Å². The molecular formula is C8H16N4O. The van der Waals surface area contributed by atoms with Gasteiger partial charge in [-0.15, -0.1) is 0 Å². The van der Waals surface area contributed by atoms with E-state index in [-0.39, 0.29) is 17.5 Å². The minimum absolute atomic E-state index is 0.179. The first-order valence-electron chi connectivity index (χ1n) is 4.48. The average molecular weight is 184 g/mol. The third kappa shape index (κ3) is 1.59. The molecule has 13 heavy (non-hydrogen) atoms. The SMILES string of the molecule is CCC1(CC)CN(C(=N)N)C(=O)N1. The molecule has 0 aromatic carbocycles. The zero-order chi connectivity index (χ0) is 10.1. The van der Waals surface area contributed by atoms with Crippen molar-refractivity contribution in [3.05, 3.63) is 0 Å². The number of amides is 2. The molecule has 2 amide bonds. The number of guanidine groups is 1. The van der Waals surface area contributed by atoms with Gasteiger partial charge in [0.05, 0.1) is 12.1 Å². The molecule has 1 fully saturated rings. The highest BCUT2D eigenvalue weighted by molar-refractivity contribution is 5.96.